The van der Waals surface area contributed by atoms with E-state index >= 15 is 0 Å². The Hall–Kier alpha value is -2.29. The molecule has 2 rings (SSSR count). The highest BCUT2D eigenvalue weighted by molar-refractivity contribution is 7.59. The van der Waals surface area contributed by atoms with Crippen LogP contribution in [0.25, 0.3) is 0 Å². The van der Waals surface area contributed by atoms with Crippen LogP contribution in [0.3, 0.4) is 0 Å². The van der Waals surface area contributed by atoms with Crippen LogP contribution in [0.5, 0.6) is 11.5 Å². The van der Waals surface area contributed by atoms with E-state index in [2.05, 4.69) is 5.32 Å². The molecule has 0 aromatic heterocycles. The summed E-state index contributed by atoms with van der Waals surface area (Å²) in [7, 11) is -3.03. The van der Waals surface area contributed by atoms with E-state index in [1.54, 1.807) is 13.8 Å². The molecule has 1 N–H and O–H groups in total. The van der Waals surface area contributed by atoms with E-state index in [1.807, 2.05) is 0 Å². The fourth-order valence-electron chi connectivity index (χ4n) is 2.46. The van der Waals surface area contributed by atoms with Crippen molar-refractivity contribution < 1.29 is 31.9 Å². The van der Waals surface area contributed by atoms with Crippen LogP contribution in [0.1, 0.15) is 19.4 Å². The number of alkyl halides is 3. The quantitative estimate of drug-likeness (QED) is 0.249. The summed E-state index contributed by atoms with van der Waals surface area (Å²) in [4.78, 5) is 10.7. The smallest absolute Gasteiger partial charge is 0.416 e. The lowest BCUT2D eigenvalue weighted by atomic mass is 10.2. The summed E-state index contributed by atoms with van der Waals surface area (Å²) in [6.07, 6.45) is -4.46. The zero-order valence-electron chi connectivity index (χ0n) is 16.0. The minimum absolute atomic E-state index is 0.0221. The fraction of sp³-hybridized carbons (Fsp3) is 0.333. The molecule has 2 aromatic rings. The summed E-state index contributed by atoms with van der Waals surface area (Å²) < 4.78 is 61.6. The van der Waals surface area contributed by atoms with Gasteiger partial charge in [0.25, 0.3) is 5.69 Å². The number of benzene rings is 2. The van der Waals surface area contributed by atoms with Crippen LogP contribution in [0.2, 0.25) is 5.02 Å². The largest absolute Gasteiger partial charge is 0.456 e. The maximum atomic E-state index is 12.8. The maximum Gasteiger partial charge on any atom is 0.416 e. The van der Waals surface area contributed by atoms with Crippen LogP contribution in [0.4, 0.5) is 24.5 Å². The molecule has 1 atom stereocenters. The molecule has 0 amide bonds. The first-order chi connectivity index (χ1) is 14.0. The summed E-state index contributed by atoms with van der Waals surface area (Å²) in [5.74, 6) is 0.0329. The first-order valence-electron chi connectivity index (χ1n) is 8.78. The number of hydrogen-bond donors (Lipinski definition) is 1. The Morgan fingerprint density at radius 3 is 2.43 bits per heavy atom. The Morgan fingerprint density at radius 1 is 1.20 bits per heavy atom. The number of hydrogen-bond acceptors (Lipinski definition) is 6. The molecule has 0 saturated heterocycles. The molecule has 0 bridgehead atoms. The SMILES string of the molecule is CCOP(=O)(CC)CNc1cc(Oc2ccc(C(F)(F)F)cc2Cl)ccc1[N+](=O)[O-]. The minimum atomic E-state index is -4.56. The molecule has 7 nitrogen and oxygen atoms in total. The second-order valence-electron chi connectivity index (χ2n) is 6.06. The monoisotopic (exact) mass is 466 g/mol. The summed E-state index contributed by atoms with van der Waals surface area (Å²) in [6.45, 7) is 3.59. The van der Waals surface area contributed by atoms with Crippen molar-refractivity contribution in [1.29, 1.82) is 0 Å². The van der Waals surface area contributed by atoms with Gasteiger partial charge in [0, 0.05) is 18.3 Å². The van der Waals surface area contributed by atoms with Gasteiger partial charge in [0.15, 0.2) is 0 Å². The fourth-order valence-corrected chi connectivity index (χ4v) is 4.05. The lowest BCUT2D eigenvalue weighted by Crippen LogP contribution is -2.08. The van der Waals surface area contributed by atoms with E-state index in [9.17, 15) is 27.9 Å². The van der Waals surface area contributed by atoms with Crippen LogP contribution < -0.4 is 10.1 Å². The van der Waals surface area contributed by atoms with Crippen molar-refractivity contribution in [3.8, 4) is 11.5 Å². The van der Waals surface area contributed by atoms with Gasteiger partial charge in [-0.25, -0.2) is 0 Å². The van der Waals surface area contributed by atoms with Gasteiger partial charge >= 0.3 is 6.18 Å². The third-order valence-electron chi connectivity index (χ3n) is 4.01. The van der Waals surface area contributed by atoms with Crippen LogP contribution in [0, 0.1) is 10.1 Å². The topological polar surface area (TPSA) is 90.7 Å². The van der Waals surface area contributed by atoms with Gasteiger partial charge in [0.1, 0.15) is 17.2 Å². The summed E-state index contributed by atoms with van der Waals surface area (Å²) in [6, 6.07) is 6.30. The molecule has 0 aliphatic heterocycles. The van der Waals surface area contributed by atoms with Crippen LogP contribution in [-0.2, 0) is 15.3 Å². The van der Waals surface area contributed by atoms with E-state index in [4.69, 9.17) is 20.9 Å². The third kappa shape index (κ3) is 6.10. The molecular formula is C18H19ClF3N2O5P. The van der Waals surface area contributed by atoms with Gasteiger partial charge in [-0.3, -0.25) is 14.7 Å². The van der Waals surface area contributed by atoms with Crippen molar-refractivity contribution in [2.75, 3.05) is 24.4 Å². The molecule has 0 aliphatic carbocycles. The third-order valence-corrected chi connectivity index (χ3v) is 6.64. The zero-order chi connectivity index (χ0) is 22.5. The van der Waals surface area contributed by atoms with Crippen molar-refractivity contribution in [3.63, 3.8) is 0 Å². The minimum Gasteiger partial charge on any atom is -0.456 e. The number of nitrogens with one attached hydrogen (secondary N) is 1. The highest BCUT2D eigenvalue weighted by Gasteiger charge is 2.31. The summed E-state index contributed by atoms with van der Waals surface area (Å²) in [5, 5.41) is 13.8. The van der Waals surface area contributed by atoms with E-state index in [1.165, 1.54) is 12.1 Å². The number of halogens is 4. The number of rotatable bonds is 9. The Bertz CT molecular complexity index is 971. The van der Waals surface area contributed by atoms with E-state index in [0.717, 1.165) is 24.3 Å². The maximum absolute atomic E-state index is 12.8. The van der Waals surface area contributed by atoms with E-state index < -0.39 is 24.0 Å². The van der Waals surface area contributed by atoms with E-state index in [0.29, 0.717) is 0 Å². The lowest BCUT2D eigenvalue weighted by molar-refractivity contribution is -0.384. The molecule has 12 heteroatoms. The molecule has 164 valence electrons. The average Bonchev–Trinajstić information content (AvgIpc) is 2.67. The Balaban J connectivity index is 2.29. The van der Waals surface area contributed by atoms with Gasteiger partial charge in [0.05, 0.1) is 28.4 Å². The molecular weight excluding hydrogens is 448 g/mol. The second-order valence-corrected chi connectivity index (χ2v) is 9.31. The van der Waals surface area contributed by atoms with Gasteiger partial charge in [0.2, 0.25) is 7.37 Å². The molecule has 0 saturated carbocycles. The predicted molar refractivity (Wildman–Crippen MR) is 108 cm³/mol. The highest BCUT2D eigenvalue weighted by atomic mass is 35.5. The van der Waals surface area contributed by atoms with Gasteiger partial charge in [-0.15, -0.1) is 0 Å². The molecule has 0 fully saturated rings. The summed E-state index contributed by atoms with van der Waals surface area (Å²) >= 11 is 5.88. The van der Waals surface area contributed by atoms with E-state index in [-0.39, 0.29) is 47.0 Å². The number of nitrogens with zero attached hydrogens (tertiary/aromatic N) is 1. The Morgan fingerprint density at radius 2 is 1.90 bits per heavy atom. The van der Waals surface area contributed by atoms with Gasteiger partial charge < -0.3 is 14.6 Å². The second kappa shape index (κ2) is 9.68. The van der Waals surface area contributed by atoms with Crippen LogP contribution in [0.15, 0.2) is 36.4 Å². The Labute approximate surface area is 175 Å². The van der Waals surface area contributed by atoms with Crippen molar-refractivity contribution in [2.45, 2.75) is 20.0 Å². The first kappa shape index (κ1) is 24.0. The molecule has 0 spiro atoms. The van der Waals surface area contributed by atoms with Gasteiger partial charge in [-0.2, -0.15) is 13.2 Å². The van der Waals surface area contributed by atoms with Crippen molar-refractivity contribution in [1.82, 2.24) is 0 Å². The molecule has 0 aliphatic rings. The normalized spacial score (nSPS) is 13.5. The number of nitro benzene ring substituents is 1. The molecule has 0 heterocycles. The van der Waals surface area contributed by atoms with Crippen molar-refractivity contribution in [2.24, 2.45) is 0 Å². The number of anilines is 1. The molecule has 0 radical (unpaired) electrons. The highest BCUT2D eigenvalue weighted by Crippen LogP contribution is 2.46. The van der Waals surface area contributed by atoms with Gasteiger partial charge in [-0.05, 0) is 31.2 Å². The van der Waals surface area contributed by atoms with Crippen LogP contribution >= 0.6 is 19.0 Å². The average molecular weight is 467 g/mol. The number of ether oxygens (including phenoxy) is 1. The number of nitro groups is 1. The predicted octanol–water partition coefficient (Wildman–Crippen LogP) is 6.76. The summed E-state index contributed by atoms with van der Waals surface area (Å²) in [5.41, 5.74) is -1.20. The van der Waals surface area contributed by atoms with Crippen molar-refractivity contribution in [3.05, 3.63) is 57.1 Å². The van der Waals surface area contributed by atoms with Crippen molar-refractivity contribution >= 4 is 30.3 Å². The first-order valence-corrected chi connectivity index (χ1v) is 11.2. The molecule has 2 aromatic carbocycles. The Kier molecular flexibility index (Phi) is 7.74. The standard InChI is InChI=1S/C18H19ClF3N2O5P/c1-3-28-30(27,4-2)11-23-15-10-13(6-7-16(15)24(25)26)29-17-8-5-12(9-14(17)19)18(20,21)22/h5-10,23H,3-4,11H2,1-2H3. The zero-order valence-corrected chi connectivity index (χ0v) is 17.7. The molecule has 30 heavy (non-hydrogen) atoms. The van der Waals surface area contributed by atoms with Crippen LogP contribution in [-0.4, -0.2) is 24.0 Å². The lowest BCUT2D eigenvalue weighted by Gasteiger charge is -2.18. The molecule has 1 unspecified atom stereocenters. The van der Waals surface area contributed by atoms with Gasteiger partial charge in [-0.1, -0.05) is 18.5 Å².